The molecule has 2 rings (SSSR count). The molecule has 1 aromatic rings. The Bertz CT molecular complexity index is 405. The van der Waals surface area contributed by atoms with Crippen LogP contribution in [0.15, 0.2) is 12.4 Å². The Morgan fingerprint density at radius 3 is 2.74 bits per heavy atom. The van der Waals surface area contributed by atoms with Crippen LogP contribution in [0.25, 0.3) is 0 Å². The van der Waals surface area contributed by atoms with Crippen LogP contribution in [0.4, 0.5) is 0 Å². The number of nitrogens with one attached hydrogen (secondary N) is 1. The van der Waals surface area contributed by atoms with Gasteiger partial charge in [0.1, 0.15) is 6.54 Å². The van der Waals surface area contributed by atoms with E-state index in [2.05, 4.69) is 10.4 Å². The molecule has 2 heterocycles. The predicted molar refractivity (Wildman–Crippen MR) is 75.0 cm³/mol. The minimum Gasteiger partial charge on any atom is -0.342 e. The third-order valence-corrected chi connectivity index (χ3v) is 3.88. The fourth-order valence-electron chi connectivity index (χ4n) is 2.65. The molecule has 1 aliphatic rings. The molecule has 0 radical (unpaired) electrons. The number of amides is 1. The first kappa shape index (κ1) is 14.1. The van der Waals surface area contributed by atoms with Gasteiger partial charge in [0, 0.05) is 19.3 Å². The standard InChI is InChI=1S/C14H24N4O/c1-3-17(4-2)14(19)11-18-10-13(9-16-18)12-5-7-15-8-6-12/h9-10,12,15H,3-8,11H2,1-2H3. The summed E-state index contributed by atoms with van der Waals surface area (Å²) in [7, 11) is 0. The lowest BCUT2D eigenvalue weighted by Crippen LogP contribution is -2.33. The first-order valence-electron chi connectivity index (χ1n) is 7.25. The van der Waals surface area contributed by atoms with Gasteiger partial charge in [0.2, 0.25) is 5.91 Å². The van der Waals surface area contributed by atoms with Crippen LogP contribution in [0.1, 0.15) is 38.2 Å². The van der Waals surface area contributed by atoms with Crippen molar-refractivity contribution >= 4 is 5.91 Å². The second-order valence-corrected chi connectivity index (χ2v) is 5.06. The van der Waals surface area contributed by atoms with Gasteiger partial charge >= 0.3 is 0 Å². The van der Waals surface area contributed by atoms with Crippen LogP contribution in [0.3, 0.4) is 0 Å². The van der Waals surface area contributed by atoms with Crippen molar-refractivity contribution in [2.75, 3.05) is 26.2 Å². The number of likely N-dealkylation sites (N-methyl/N-ethyl adjacent to an activating group) is 1. The molecule has 0 spiro atoms. The van der Waals surface area contributed by atoms with Crippen LogP contribution in [0, 0.1) is 0 Å². The summed E-state index contributed by atoms with van der Waals surface area (Å²) in [5.41, 5.74) is 1.27. The smallest absolute Gasteiger partial charge is 0.244 e. The quantitative estimate of drug-likeness (QED) is 0.870. The zero-order valence-electron chi connectivity index (χ0n) is 11.9. The van der Waals surface area contributed by atoms with E-state index in [-0.39, 0.29) is 5.91 Å². The van der Waals surface area contributed by atoms with Crippen LogP contribution in [0.2, 0.25) is 0 Å². The highest BCUT2D eigenvalue weighted by molar-refractivity contribution is 5.75. The minimum absolute atomic E-state index is 0.143. The molecule has 0 unspecified atom stereocenters. The number of carbonyl (C=O) groups is 1. The average molecular weight is 264 g/mol. The van der Waals surface area contributed by atoms with Gasteiger partial charge in [-0.25, -0.2) is 0 Å². The third kappa shape index (κ3) is 3.56. The van der Waals surface area contributed by atoms with Crippen molar-refractivity contribution in [3.05, 3.63) is 18.0 Å². The molecule has 0 aromatic carbocycles. The second-order valence-electron chi connectivity index (χ2n) is 5.06. The SMILES string of the molecule is CCN(CC)C(=O)Cn1cc(C2CCNCC2)cn1. The molecule has 1 amide bonds. The van der Waals surface area contributed by atoms with E-state index < -0.39 is 0 Å². The molecule has 5 nitrogen and oxygen atoms in total. The number of hydrogen-bond acceptors (Lipinski definition) is 3. The Hall–Kier alpha value is -1.36. The fourth-order valence-corrected chi connectivity index (χ4v) is 2.65. The van der Waals surface area contributed by atoms with Gasteiger partial charge in [-0.3, -0.25) is 9.48 Å². The monoisotopic (exact) mass is 264 g/mol. The van der Waals surface area contributed by atoms with E-state index in [4.69, 9.17) is 0 Å². The Morgan fingerprint density at radius 2 is 2.11 bits per heavy atom. The summed E-state index contributed by atoms with van der Waals surface area (Å²) >= 11 is 0. The Balaban J connectivity index is 1.95. The normalized spacial score (nSPS) is 16.5. The molecule has 0 bridgehead atoms. The molecule has 19 heavy (non-hydrogen) atoms. The number of nitrogens with zero attached hydrogens (tertiary/aromatic N) is 3. The zero-order chi connectivity index (χ0) is 13.7. The molecule has 1 saturated heterocycles. The molecule has 5 heteroatoms. The van der Waals surface area contributed by atoms with Gasteiger partial charge in [-0.15, -0.1) is 0 Å². The lowest BCUT2D eigenvalue weighted by Gasteiger charge is -2.21. The molecule has 0 aliphatic carbocycles. The number of aromatic nitrogens is 2. The molecule has 1 aromatic heterocycles. The van der Waals surface area contributed by atoms with Gasteiger partial charge < -0.3 is 10.2 Å². The topological polar surface area (TPSA) is 50.2 Å². The summed E-state index contributed by atoms with van der Waals surface area (Å²) in [6.07, 6.45) is 6.29. The molecule has 0 saturated carbocycles. The van der Waals surface area contributed by atoms with Crippen molar-refractivity contribution in [3.63, 3.8) is 0 Å². The van der Waals surface area contributed by atoms with Gasteiger partial charge in [0.05, 0.1) is 6.20 Å². The van der Waals surface area contributed by atoms with E-state index in [1.165, 1.54) is 5.56 Å². The van der Waals surface area contributed by atoms with Crippen LogP contribution in [0.5, 0.6) is 0 Å². The highest BCUT2D eigenvalue weighted by atomic mass is 16.2. The van der Waals surface area contributed by atoms with Gasteiger partial charge in [-0.05, 0) is 51.3 Å². The maximum Gasteiger partial charge on any atom is 0.244 e. The van der Waals surface area contributed by atoms with Crippen molar-refractivity contribution in [1.29, 1.82) is 0 Å². The van der Waals surface area contributed by atoms with Crippen molar-refractivity contribution in [2.24, 2.45) is 0 Å². The van der Waals surface area contributed by atoms with Crippen LogP contribution in [-0.4, -0.2) is 46.8 Å². The largest absolute Gasteiger partial charge is 0.342 e. The summed E-state index contributed by atoms with van der Waals surface area (Å²) in [6, 6.07) is 0. The van der Waals surface area contributed by atoms with Gasteiger partial charge in [-0.2, -0.15) is 5.10 Å². The predicted octanol–water partition coefficient (Wildman–Crippen LogP) is 1.22. The van der Waals surface area contributed by atoms with E-state index in [1.54, 1.807) is 4.68 Å². The van der Waals surface area contributed by atoms with Gasteiger partial charge in [0.25, 0.3) is 0 Å². The van der Waals surface area contributed by atoms with Crippen LogP contribution >= 0.6 is 0 Å². The van der Waals surface area contributed by atoms with Crippen molar-refractivity contribution < 1.29 is 4.79 Å². The molecule has 0 atom stereocenters. The fraction of sp³-hybridized carbons (Fsp3) is 0.714. The van der Waals surface area contributed by atoms with Crippen molar-refractivity contribution in [1.82, 2.24) is 20.0 Å². The minimum atomic E-state index is 0.143. The maximum absolute atomic E-state index is 12.0. The Morgan fingerprint density at radius 1 is 1.42 bits per heavy atom. The molecule has 106 valence electrons. The molecular formula is C14H24N4O. The Labute approximate surface area is 115 Å². The highest BCUT2D eigenvalue weighted by Gasteiger charge is 2.17. The average Bonchev–Trinajstić information content (AvgIpc) is 2.89. The first-order chi connectivity index (χ1) is 9.24. The summed E-state index contributed by atoms with van der Waals surface area (Å²) in [5.74, 6) is 0.739. The summed E-state index contributed by atoms with van der Waals surface area (Å²) in [5, 5.41) is 7.70. The zero-order valence-corrected chi connectivity index (χ0v) is 11.9. The van der Waals surface area contributed by atoms with Crippen LogP contribution < -0.4 is 5.32 Å². The van der Waals surface area contributed by atoms with Crippen molar-refractivity contribution in [3.8, 4) is 0 Å². The highest BCUT2D eigenvalue weighted by Crippen LogP contribution is 2.24. The number of rotatable bonds is 5. The summed E-state index contributed by atoms with van der Waals surface area (Å²) in [4.78, 5) is 13.9. The number of carbonyl (C=O) groups excluding carboxylic acids is 1. The first-order valence-corrected chi connectivity index (χ1v) is 7.25. The molecule has 1 aliphatic heterocycles. The number of hydrogen-bond donors (Lipinski definition) is 1. The van der Waals surface area contributed by atoms with Gasteiger partial charge in [-0.1, -0.05) is 0 Å². The molecule has 1 N–H and O–H groups in total. The molecule has 1 fully saturated rings. The number of piperidine rings is 1. The lowest BCUT2D eigenvalue weighted by atomic mass is 9.93. The van der Waals surface area contributed by atoms with Gasteiger partial charge in [0.15, 0.2) is 0 Å². The van der Waals surface area contributed by atoms with E-state index in [0.29, 0.717) is 12.5 Å². The molecular weight excluding hydrogens is 240 g/mol. The summed E-state index contributed by atoms with van der Waals surface area (Å²) in [6.45, 7) is 8.04. The van der Waals surface area contributed by atoms with E-state index in [1.807, 2.05) is 31.1 Å². The van der Waals surface area contributed by atoms with E-state index in [9.17, 15) is 4.79 Å². The third-order valence-electron chi connectivity index (χ3n) is 3.88. The van der Waals surface area contributed by atoms with Crippen LogP contribution in [-0.2, 0) is 11.3 Å². The van der Waals surface area contributed by atoms with E-state index >= 15 is 0 Å². The second kappa shape index (κ2) is 6.70. The maximum atomic E-state index is 12.0. The summed E-state index contributed by atoms with van der Waals surface area (Å²) < 4.78 is 1.78. The van der Waals surface area contributed by atoms with Crippen molar-refractivity contribution in [2.45, 2.75) is 39.2 Å². The van der Waals surface area contributed by atoms with E-state index in [0.717, 1.165) is 39.0 Å². The lowest BCUT2D eigenvalue weighted by molar-refractivity contribution is -0.131. The Kier molecular flexibility index (Phi) is 4.96.